The number of nitrogens with zero attached hydrogens (tertiary/aromatic N) is 13. The van der Waals surface area contributed by atoms with Crippen molar-refractivity contribution in [3.8, 4) is 22.5 Å². The average Bonchev–Trinajstić information content (AvgIpc) is 1.64. The Labute approximate surface area is 712 Å². The second-order valence-electron chi connectivity index (χ2n) is 26.8. The molecule has 23 nitrogen and oxygen atoms in total. The summed E-state index contributed by atoms with van der Waals surface area (Å²) in [5.41, 5.74) is 7.24. The lowest BCUT2D eigenvalue weighted by atomic mass is 9.78. The lowest BCUT2D eigenvalue weighted by molar-refractivity contribution is -0.136. The molecule has 1 saturated heterocycles. The zero-order valence-electron chi connectivity index (χ0n) is 64.2. The minimum absolute atomic E-state index is 0.0688. The summed E-state index contributed by atoms with van der Waals surface area (Å²) in [6, 6.07) is 32.7. The van der Waals surface area contributed by atoms with Gasteiger partial charge in [-0.1, -0.05) is 62.0 Å². The van der Waals surface area contributed by atoms with E-state index in [1.54, 1.807) is 107 Å². The summed E-state index contributed by atoms with van der Waals surface area (Å²) in [7, 11) is 33.9. The van der Waals surface area contributed by atoms with Crippen LogP contribution in [0.2, 0.25) is 5.15 Å². The maximum Gasteiger partial charge on any atom is 0.494 e. The van der Waals surface area contributed by atoms with Crippen molar-refractivity contribution in [2.75, 3.05) is 51.1 Å². The summed E-state index contributed by atoms with van der Waals surface area (Å²) >= 11 is 5.71. The summed E-state index contributed by atoms with van der Waals surface area (Å²) in [4.78, 5) is 49.8. The minimum atomic E-state index is -1.02. The molecule has 0 bridgehead atoms. The molecule has 4 aliphatic rings. The molecule has 6 N–H and O–H groups in total. The normalized spacial score (nSPS) is 14.5. The number of carboxylic acid groups (broad SMARTS) is 1. The fourth-order valence-electron chi connectivity index (χ4n) is 11.8. The number of nitrogens with one attached hydrogen (secondary N) is 5. The Morgan fingerprint density at radius 2 is 0.974 bits per heavy atom. The van der Waals surface area contributed by atoms with Gasteiger partial charge >= 0.3 is 13.1 Å². The second kappa shape index (κ2) is 44.6. The van der Waals surface area contributed by atoms with Crippen LogP contribution in [0.5, 0.6) is 0 Å². The number of aryl methyl sites for hydroxylation is 3. The quantitative estimate of drug-likeness (QED) is 0.0179. The van der Waals surface area contributed by atoms with Crippen LogP contribution in [0.15, 0.2) is 159 Å². The van der Waals surface area contributed by atoms with E-state index >= 15 is 4.39 Å². The molecule has 47 heteroatoms. The molecule has 0 aliphatic carbocycles. The second-order valence-corrected chi connectivity index (χ2v) is 91.5. The number of anilines is 9. The smallest absolute Gasteiger partial charge is 0.481 e. The Balaban J connectivity index is 0.000000154. The van der Waals surface area contributed by atoms with Crippen LogP contribution in [-0.4, -0.2) is 114 Å². The number of halogens is 6. The first-order valence-corrected chi connectivity index (χ1v) is 66.0. The van der Waals surface area contributed by atoms with Gasteiger partial charge in [0.2, 0.25) is 23.8 Å². The molecular weight excluding hydrogens is 1840 g/mol. The predicted octanol–water partition coefficient (Wildman–Crippen LogP) is 21.5. The Bertz CT molecular complexity index is 5230. The fraction of sp³-hybridized carbons (Fsp3) is 0.243. The van der Waals surface area contributed by atoms with Gasteiger partial charge in [-0.15, -0.1) is 80.4 Å². The number of aliphatic carboxylic acids is 1. The predicted molar refractivity (Wildman–Crippen MR) is 516 cm³/mol. The molecule has 0 radical (unpaired) electrons. The highest BCUT2D eigenvalue weighted by Gasteiger charge is 2.52. The Kier molecular flexibility index (Phi) is 36.4. The van der Waals surface area contributed by atoms with Crippen molar-refractivity contribution in [2.24, 2.45) is 21.1 Å². The van der Waals surface area contributed by atoms with Crippen LogP contribution in [0, 0.1) is 29.1 Å². The molecule has 12 unspecified atom stereocenters. The zero-order chi connectivity index (χ0) is 84.6. The maximum atomic E-state index is 15.2. The van der Waals surface area contributed by atoms with Crippen molar-refractivity contribution in [2.45, 2.75) is 71.0 Å². The minimum Gasteiger partial charge on any atom is -0.481 e. The van der Waals surface area contributed by atoms with Crippen LogP contribution >= 0.6 is 149 Å². The highest BCUT2D eigenvalue weighted by Crippen LogP contribution is 3.25. The summed E-state index contributed by atoms with van der Waals surface area (Å²) in [5.74, 6) is 0.344. The molecule has 618 valence electrons. The number of hydrogen-bond donors (Lipinski definition) is 6. The van der Waals surface area contributed by atoms with Gasteiger partial charge in [-0.2, -0.15) is 15.3 Å². The van der Waals surface area contributed by atoms with Crippen LogP contribution in [0.4, 0.5) is 74.3 Å². The largest absolute Gasteiger partial charge is 0.494 e. The number of benzene rings is 5. The Hall–Kier alpha value is -3.86. The first kappa shape index (κ1) is 95.4. The number of hydrogen-bond acceptors (Lipinski definition) is 18. The zero-order valence-corrected chi connectivity index (χ0v) is 82.6. The maximum absolute atomic E-state index is 15.2. The molecule has 117 heavy (non-hydrogen) atoms. The van der Waals surface area contributed by atoms with E-state index in [9.17, 15) is 27.2 Å². The van der Waals surface area contributed by atoms with Crippen molar-refractivity contribution in [3.63, 3.8) is 0 Å². The molecule has 15 rings (SSSR count). The summed E-state index contributed by atoms with van der Waals surface area (Å²) in [6.07, 6.45) is 11.7. The molecule has 1 amide bonds. The van der Waals surface area contributed by atoms with Crippen molar-refractivity contribution in [1.82, 2.24) is 59.2 Å². The molecule has 10 heterocycles. The van der Waals surface area contributed by atoms with Gasteiger partial charge in [0.1, 0.15) is 51.7 Å². The van der Waals surface area contributed by atoms with E-state index in [2.05, 4.69) is 152 Å². The van der Waals surface area contributed by atoms with E-state index < -0.39 is 41.7 Å². The Morgan fingerprint density at radius 3 is 1.41 bits per heavy atom. The number of carboxylic acids is 1. The van der Waals surface area contributed by atoms with Crippen molar-refractivity contribution in [1.29, 1.82) is 0 Å². The third kappa shape index (κ3) is 26.1. The third-order valence-electron chi connectivity index (χ3n) is 18.2. The molecule has 4 aliphatic heterocycles. The van der Waals surface area contributed by atoms with Crippen molar-refractivity contribution >= 4 is 226 Å². The molecule has 11 aromatic rings. The molecule has 1 fully saturated rings. The Morgan fingerprint density at radius 1 is 0.538 bits per heavy atom. The summed E-state index contributed by atoms with van der Waals surface area (Å²) in [6.45, 7) is 10.8. The van der Waals surface area contributed by atoms with Crippen LogP contribution in [0.1, 0.15) is 55.5 Å². The fourth-order valence-corrected chi connectivity index (χ4v) is 201. The molecule has 0 spiro atoms. The highest BCUT2D eigenvalue weighted by molar-refractivity contribution is 9.31. The number of rotatable bonds is 20. The van der Waals surface area contributed by atoms with E-state index in [1.165, 1.54) is 47.4 Å². The van der Waals surface area contributed by atoms with E-state index in [0.29, 0.717) is 75.4 Å². The number of aromatic nitrogens is 12. The topological polar surface area (TPSA) is 267 Å². The number of fused-ring (bicyclic) bond motifs is 3. The number of carbonyl (C=O) groups is 2. The third-order valence-corrected chi connectivity index (χ3v) is 121. The summed E-state index contributed by atoms with van der Waals surface area (Å²) in [5, 5.41) is 36.2. The molecule has 12 atom stereocenters. The van der Waals surface area contributed by atoms with Crippen molar-refractivity contribution < 1.29 is 46.0 Å². The van der Waals surface area contributed by atoms with E-state index in [1.807, 2.05) is 72.1 Å². The first-order valence-electron chi connectivity index (χ1n) is 35.4. The lowest BCUT2D eigenvalue weighted by Crippen LogP contribution is -2.41. The van der Waals surface area contributed by atoms with Gasteiger partial charge in [-0.3, -0.25) is 23.6 Å². The van der Waals surface area contributed by atoms with Gasteiger partial charge in [0, 0.05) is 88.7 Å². The van der Waals surface area contributed by atoms with Gasteiger partial charge in [0.05, 0.1) is 71.1 Å². The summed E-state index contributed by atoms with van der Waals surface area (Å²) < 4.78 is 86.9. The number of amides is 1. The monoisotopic (exact) mass is 1930 g/mol. The van der Waals surface area contributed by atoms with Gasteiger partial charge in [0.15, 0.2) is 0 Å². The van der Waals surface area contributed by atoms with E-state index in [-0.39, 0.29) is 90.5 Å². The SMILES string of the molecule is CC1(C)OB(c2cc(F)c3c(c2)CCN3)OC1(C)C.Cn1nccc1Nc1nccc(-c2cc(F)c3c(c2)CCN3)n1.Cn1nccc1Nc1nccc(-c2cc(F)c3c(c2)CCN3C(=O)Cc2ccccc2F)n1.Cn1nccc1Nc1nccc(Cl)n1.O=C(O)Cc1ccccc1F.PPP(P(P)P)P(P(P)P)P(P(P)P)P(P)P. The van der Waals surface area contributed by atoms with Crippen molar-refractivity contribution in [3.05, 3.63) is 221 Å². The molecule has 6 aromatic heterocycles. The standard InChI is InChI=1S/C24H20F2N6O.C16H15FN6.C14H19BFNO2.C8H8ClN5.C8H7FO2.H19P17/c1-31-21(7-10-28-31)30-24-27-9-6-20(29-24)17-12-16-8-11-32(23(16)19(26)13-17)22(33)14-15-4-2-3-5-18(15)25;1-23-14(4-7-20-23)22-16-19-6-3-13(21-16)11-8-10-2-5-18-15(10)12(17)9-11;1-13(2)14(3,4)19-15(18-13)10-7-9-5-6-17-12(9)11(16)8-10;1-14-7(3-5-11-14)13-8-10-4-2-6(9)12-8;9-7-4-2-1-3-6(7)5-8(10)11;1-10-15(11(2)3)17(14(8)9)16(12(4)5)13(6)7/h2-7,9-10,12-13H,8,11,14H2,1H3,(H,27,29,30);3-4,6-9,18H,2,5H2,1H3,(H,19,21,22);7-8,17H,5-6H2,1-4H3;2-5H,1H3,(H,10,12,13);1-4H,5H2,(H,10,11);10H,1-9H2. The van der Waals surface area contributed by atoms with Gasteiger partial charge in [-0.25, -0.2) is 51.9 Å². The van der Waals surface area contributed by atoms with E-state index in [4.69, 9.17) is 26.0 Å². The first-order chi connectivity index (χ1) is 55.7. The van der Waals surface area contributed by atoms with Crippen LogP contribution in [0.3, 0.4) is 0 Å². The average molecular weight is 1930 g/mol. The van der Waals surface area contributed by atoms with Crippen LogP contribution < -0.4 is 36.9 Å². The van der Waals surface area contributed by atoms with Gasteiger partial charge in [0.25, 0.3) is 0 Å². The number of carbonyl (C=O) groups excluding carboxylic acids is 1. The van der Waals surface area contributed by atoms with Gasteiger partial charge < -0.3 is 45.9 Å². The highest BCUT2D eigenvalue weighted by atomic mass is 35.5. The molecule has 5 aromatic carbocycles. The van der Waals surface area contributed by atoms with E-state index in [0.717, 1.165) is 73.5 Å². The molecule has 0 saturated carbocycles. The molecular formula is C70H88BClF5N18O5P17. The van der Waals surface area contributed by atoms with Gasteiger partial charge in [-0.05, 0) is 190 Å². The lowest BCUT2D eigenvalue weighted by Gasteiger charge is -2.41. The van der Waals surface area contributed by atoms with Crippen LogP contribution in [-0.2, 0) is 72.1 Å². The van der Waals surface area contributed by atoms with Crippen LogP contribution in [0.25, 0.3) is 22.5 Å².